The molecule has 0 aliphatic rings. The lowest BCUT2D eigenvalue weighted by Gasteiger charge is -2.25. The highest BCUT2D eigenvalue weighted by Crippen LogP contribution is 2.36. The summed E-state index contributed by atoms with van der Waals surface area (Å²) in [7, 11) is 9.53. The number of hydrogen-bond acceptors (Lipinski definition) is 9. The third-order valence-corrected chi connectivity index (χ3v) is 7.56. The molecule has 46 heavy (non-hydrogen) atoms. The number of esters is 1. The molecule has 0 unspecified atom stereocenters. The van der Waals surface area contributed by atoms with Gasteiger partial charge in [-0.25, -0.2) is 14.8 Å². The minimum Gasteiger partial charge on any atom is -0.496 e. The fourth-order valence-corrected chi connectivity index (χ4v) is 5.14. The van der Waals surface area contributed by atoms with Crippen molar-refractivity contribution < 1.29 is 19.1 Å². The van der Waals surface area contributed by atoms with Crippen LogP contribution in [0.25, 0.3) is 22.2 Å². The van der Waals surface area contributed by atoms with Gasteiger partial charge in [0.15, 0.2) is 0 Å². The molecule has 0 spiro atoms. The number of pyridine rings is 1. The molecule has 5 rings (SSSR count). The van der Waals surface area contributed by atoms with Crippen molar-refractivity contribution in [3.8, 4) is 22.8 Å². The summed E-state index contributed by atoms with van der Waals surface area (Å²) in [6, 6.07) is 14.9. The average molecular weight is 620 g/mol. The molecule has 0 saturated carbocycles. The number of para-hydroxylation sites is 1. The monoisotopic (exact) mass is 619 g/mol. The van der Waals surface area contributed by atoms with E-state index in [0.29, 0.717) is 28.7 Å². The molecule has 0 atom stereocenters. The van der Waals surface area contributed by atoms with Crippen LogP contribution in [-0.2, 0) is 18.3 Å². The van der Waals surface area contributed by atoms with E-state index in [2.05, 4.69) is 31.7 Å². The van der Waals surface area contributed by atoms with Crippen molar-refractivity contribution in [1.29, 1.82) is 0 Å². The van der Waals surface area contributed by atoms with Crippen LogP contribution in [0.15, 0.2) is 86.0 Å². The molecule has 0 saturated heterocycles. The summed E-state index contributed by atoms with van der Waals surface area (Å²) in [5.74, 6) is 0.515. The van der Waals surface area contributed by atoms with E-state index >= 15 is 0 Å². The van der Waals surface area contributed by atoms with Crippen LogP contribution >= 0.6 is 0 Å². The molecule has 1 N–H and O–H groups in total. The number of aromatic nitrogens is 4. The molecule has 0 radical (unpaired) electrons. The summed E-state index contributed by atoms with van der Waals surface area (Å²) in [4.78, 5) is 43.6. The molecule has 1 amide bonds. The van der Waals surface area contributed by atoms with Crippen molar-refractivity contribution in [3.63, 3.8) is 0 Å². The van der Waals surface area contributed by atoms with Gasteiger partial charge in [0, 0.05) is 86.5 Å². The van der Waals surface area contributed by atoms with Crippen LogP contribution in [0.5, 0.6) is 11.5 Å². The van der Waals surface area contributed by atoms with E-state index in [1.54, 1.807) is 31.6 Å². The number of nitrogens with zero attached hydrogens (tertiary/aromatic N) is 6. The highest BCUT2D eigenvalue weighted by atomic mass is 16.5. The Labute approximate surface area is 268 Å². The van der Waals surface area contributed by atoms with Crippen LogP contribution < -0.4 is 19.7 Å². The second-order valence-corrected chi connectivity index (χ2v) is 11.1. The number of benzene rings is 2. The lowest BCUT2D eigenvalue weighted by Crippen LogP contribution is -2.29. The maximum Gasteiger partial charge on any atom is 0.347 e. The predicted octanol–water partition coefficient (Wildman–Crippen LogP) is 4.97. The number of fused-ring (bicyclic) bond motifs is 1. The van der Waals surface area contributed by atoms with Crippen LogP contribution in [0.1, 0.15) is 21.7 Å². The number of carbonyl (C=O) groups excluding carboxylic acids is 2. The largest absolute Gasteiger partial charge is 0.496 e. The van der Waals surface area contributed by atoms with E-state index < -0.39 is 5.97 Å². The first-order chi connectivity index (χ1) is 22.2. The Morgan fingerprint density at radius 1 is 1.07 bits per heavy atom. The minimum absolute atomic E-state index is 0.223. The lowest BCUT2D eigenvalue weighted by atomic mass is 10.0. The Morgan fingerprint density at radius 2 is 1.83 bits per heavy atom. The number of anilines is 2. The number of hydrogen-bond donors (Lipinski definition) is 1. The molecule has 2 aromatic carbocycles. The normalized spacial score (nSPS) is 11.0. The Kier molecular flexibility index (Phi) is 9.73. The van der Waals surface area contributed by atoms with Gasteiger partial charge in [-0.15, -0.1) is 0 Å². The summed E-state index contributed by atoms with van der Waals surface area (Å²) in [6.45, 7) is 5.14. The Balaban J connectivity index is 1.59. The quantitative estimate of drug-likeness (QED) is 0.153. The maximum absolute atomic E-state index is 13.5. The first-order valence-corrected chi connectivity index (χ1v) is 14.7. The van der Waals surface area contributed by atoms with E-state index in [4.69, 9.17) is 14.5 Å². The van der Waals surface area contributed by atoms with E-state index in [0.717, 1.165) is 40.8 Å². The summed E-state index contributed by atoms with van der Waals surface area (Å²) in [6.07, 6.45) is 8.05. The average Bonchev–Trinajstić information content (AvgIpc) is 3.40. The number of methoxy groups -OCH3 is 1. The van der Waals surface area contributed by atoms with Gasteiger partial charge in [-0.1, -0.05) is 24.8 Å². The Morgan fingerprint density at radius 3 is 2.54 bits per heavy atom. The zero-order chi connectivity index (χ0) is 32.8. The third kappa shape index (κ3) is 7.05. The first-order valence-electron chi connectivity index (χ1n) is 14.7. The smallest absolute Gasteiger partial charge is 0.347 e. The molecule has 0 bridgehead atoms. The standard InChI is InChI=1S/C35H37N7O4/c1-7-33(43)38-28-18-23(31(45-6)20-30(28)41(4)17-16-40(2)3)19-32-37-21-26(35(44)46-24-12-14-36-15-13-24)34(39-32)27-22-42(5)29-11-9-8-10-25(27)29/h7-15,18,20-22H,1,16-17,19H2,2-6H3,(H,38,43). The highest BCUT2D eigenvalue weighted by molar-refractivity contribution is 6.03. The lowest BCUT2D eigenvalue weighted by molar-refractivity contribution is -0.111. The van der Waals surface area contributed by atoms with E-state index in [1.807, 2.05) is 75.4 Å². The fraction of sp³-hybridized carbons (Fsp3) is 0.229. The van der Waals surface area contributed by atoms with E-state index in [-0.39, 0.29) is 17.9 Å². The number of rotatable bonds is 12. The molecule has 11 nitrogen and oxygen atoms in total. The van der Waals surface area contributed by atoms with Gasteiger partial charge in [-0.05, 0) is 44.4 Å². The van der Waals surface area contributed by atoms with E-state index in [9.17, 15) is 9.59 Å². The van der Waals surface area contributed by atoms with Gasteiger partial charge in [0.25, 0.3) is 0 Å². The number of nitrogens with one attached hydrogen (secondary N) is 1. The maximum atomic E-state index is 13.5. The summed E-state index contributed by atoms with van der Waals surface area (Å²) >= 11 is 0. The first kappa shape index (κ1) is 31.9. The van der Waals surface area contributed by atoms with Crippen molar-refractivity contribution in [2.45, 2.75) is 6.42 Å². The van der Waals surface area contributed by atoms with Crippen molar-refractivity contribution in [3.05, 3.63) is 103 Å². The molecule has 3 heterocycles. The number of aryl methyl sites for hydroxylation is 1. The Bertz CT molecular complexity index is 1890. The molecular weight excluding hydrogens is 582 g/mol. The predicted molar refractivity (Wildman–Crippen MR) is 180 cm³/mol. The van der Waals surface area contributed by atoms with Crippen molar-refractivity contribution in [2.24, 2.45) is 7.05 Å². The van der Waals surface area contributed by atoms with Crippen LogP contribution in [-0.4, -0.2) is 77.6 Å². The van der Waals surface area contributed by atoms with Crippen LogP contribution in [0.4, 0.5) is 11.4 Å². The SMILES string of the molecule is C=CC(=O)Nc1cc(Cc2ncc(C(=O)Oc3ccncc3)c(-c3cn(C)c4ccccc34)n2)c(OC)cc1N(C)CCN(C)C. The second kappa shape index (κ2) is 14.0. The van der Waals surface area contributed by atoms with Crippen molar-refractivity contribution in [2.75, 3.05) is 51.6 Å². The Hall–Kier alpha value is -5.55. The second-order valence-electron chi connectivity index (χ2n) is 11.1. The van der Waals surface area contributed by atoms with Crippen LogP contribution in [0.3, 0.4) is 0 Å². The van der Waals surface area contributed by atoms with Gasteiger partial charge in [-0.2, -0.15) is 0 Å². The minimum atomic E-state index is -0.585. The summed E-state index contributed by atoms with van der Waals surface area (Å²) < 4.78 is 13.5. The molecule has 0 fully saturated rings. The summed E-state index contributed by atoms with van der Waals surface area (Å²) in [5, 5.41) is 3.87. The van der Waals surface area contributed by atoms with Gasteiger partial charge in [0.05, 0.1) is 24.2 Å². The van der Waals surface area contributed by atoms with Crippen LogP contribution in [0.2, 0.25) is 0 Å². The van der Waals surface area contributed by atoms with E-state index in [1.165, 1.54) is 12.3 Å². The number of amides is 1. The third-order valence-electron chi connectivity index (χ3n) is 7.56. The van der Waals surface area contributed by atoms with Crippen molar-refractivity contribution >= 4 is 34.2 Å². The van der Waals surface area contributed by atoms with Gasteiger partial charge < -0.3 is 29.2 Å². The van der Waals surface area contributed by atoms with Gasteiger partial charge in [0.1, 0.15) is 22.9 Å². The van der Waals surface area contributed by atoms with Gasteiger partial charge in [0.2, 0.25) is 5.91 Å². The molecular formula is C35H37N7O4. The number of carbonyl (C=O) groups is 2. The van der Waals surface area contributed by atoms with Gasteiger partial charge in [-0.3, -0.25) is 9.78 Å². The topological polar surface area (TPSA) is 115 Å². The van der Waals surface area contributed by atoms with Crippen molar-refractivity contribution in [1.82, 2.24) is 24.4 Å². The number of ether oxygens (including phenoxy) is 2. The molecule has 5 aromatic rings. The molecule has 0 aliphatic carbocycles. The number of likely N-dealkylation sites (N-methyl/N-ethyl adjacent to an activating group) is 2. The molecule has 236 valence electrons. The summed E-state index contributed by atoms with van der Waals surface area (Å²) in [5.41, 5.74) is 4.58. The van der Waals surface area contributed by atoms with Crippen LogP contribution in [0, 0.1) is 0 Å². The molecule has 0 aliphatic heterocycles. The molecule has 3 aromatic heterocycles. The van der Waals surface area contributed by atoms with Gasteiger partial charge >= 0.3 is 5.97 Å². The zero-order valence-electron chi connectivity index (χ0n) is 26.7. The highest BCUT2D eigenvalue weighted by Gasteiger charge is 2.23. The fourth-order valence-electron chi connectivity index (χ4n) is 5.14. The zero-order valence-corrected chi connectivity index (χ0v) is 26.7. The molecule has 11 heteroatoms.